The summed E-state index contributed by atoms with van der Waals surface area (Å²) in [7, 11) is -3.39. The van der Waals surface area contributed by atoms with E-state index in [4.69, 9.17) is 0 Å². The third-order valence-electron chi connectivity index (χ3n) is 4.74. The fraction of sp³-hybridized carbons (Fsp3) is 0.500. The highest BCUT2D eigenvalue weighted by molar-refractivity contribution is 9.10. The van der Waals surface area contributed by atoms with Gasteiger partial charge in [-0.1, -0.05) is 29.8 Å². The zero-order valence-electron chi connectivity index (χ0n) is 14.6. The summed E-state index contributed by atoms with van der Waals surface area (Å²) in [5.74, 6) is 1.99. The molecule has 0 unspecified atom stereocenters. The van der Waals surface area contributed by atoms with E-state index in [0.29, 0.717) is 29.8 Å². The Labute approximate surface area is 158 Å². The molecular weight excluding hydrogens is 402 g/mol. The highest BCUT2D eigenvalue weighted by atomic mass is 79.9. The highest BCUT2D eigenvalue weighted by Crippen LogP contribution is 2.26. The Morgan fingerprint density at radius 2 is 1.84 bits per heavy atom. The Balaban J connectivity index is 1.63. The van der Waals surface area contributed by atoms with Gasteiger partial charge in [0.05, 0.1) is 4.90 Å². The smallest absolute Gasteiger partial charge is 0.243 e. The normalized spacial score (nSPS) is 17.3. The summed E-state index contributed by atoms with van der Waals surface area (Å²) in [4.78, 5) is 4.80. The Morgan fingerprint density at radius 3 is 2.44 bits per heavy atom. The number of halogens is 1. The van der Waals surface area contributed by atoms with Gasteiger partial charge in [-0.15, -0.1) is 0 Å². The maximum absolute atomic E-state index is 12.8. The van der Waals surface area contributed by atoms with Crippen molar-refractivity contribution >= 4 is 26.0 Å². The molecule has 1 saturated heterocycles. The Hall–Kier alpha value is -1.18. The first kappa shape index (κ1) is 18.6. The van der Waals surface area contributed by atoms with Gasteiger partial charge in [-0.25, -0.2) is 13.4 Å². The van der Waals surface area contributed by atoms with E-state index < -0.39 is 10.0 Å². The lowest BCUT2D eigenvalue weighted by Gasteiger charge is -2.31. The minimum atomic E-state index is -3.39. The number of aromatic nitrogens is 2. The van der Waals surface area contributed by atoms with Gasteiger partial charge in [0.25, 0.3) is 0 Å². The second-order valence-corrected chi connectivity index (χ2v) is 9.75. The van der Waals surface area contributed by atoms with E-state index in [1.165, 1.54) is 0 Å². The maximum atomic E-state index is 12.8. The number of piperidine rings is 1. The molecular formula is C18H24BrN3O2S. The fourth-order valence-electron chi connectivity index (χ4n) is 3.34. The van der Waals surface area contributed by atoms with Gasteiger partial charge in [-0.2, -0.15) is 4.31 Å². The number of benzene rings is 1. The third-order valence-corrected chi connectivity index (χ3v) is 7.19. The first-order valence-corrected chi connectivity index (χ1v) is 10.9. The Morgan fingerprint density at radius 1 is 1.20 bits per heavy atom. The van der Waals surface area contributed by atoms with Crippen LogP contribution in [0.2, 0.25) is 0 Å². The molecule has 0 spiro atoms. The lowest BCUT2D eigenvalue weighted by atomic mass is 9.98. The molecule has 25 heavy (non-hydrogen) atoms. The van der Waals surface area contributed by atoms with Gasteiger partial charge in [0.15, 0.2) is 0 Å². The SMILES string of the molecule is CC(C)c1nccn1CC1CCN(S(=O)(=O)c2ccc(Br)cc2)CC1. The monoisotopic (exact) mass is 425 g/mol. The van der Waals surface area contributed by atoms with Gasteiger partial charge in [-0.3, -0.25) is 0 Å². The quantitative estimate of drug-likeness (QED) is 0.730. The van der Waals surface area contributed by atoms with Crippen LogP contribution in [0.25, 0.3) is 0 Å². The number of hydrogen-bond acceptors (Lipinski definition) is 3. The molecule has 1 aromatic carbocycles. The van der Waals surface area contributed by atoms with Crippen LogP contribution in [0.15, 0.2) is 46.0 Å². The Bertz CT molecular complexity index is 807. The number of rotatable bonds is 5. The molecule has 2 heterocycles. The van der Waals surface area contributed by atoms with E-state index in [9.17, 15) is 8.42 Å². The van der Waals surface area contributed by atoms with E-state index in [0.717, 1.165) is 29.7 Å². The molecule has 1 aliphatic heterocycles. The van der Waals surface area contributed by atoms with E-state index in [-0.39, 0.29) is 0 Å². The number of nitrogens with zero attached hydrogens (tertiary/aromatic N) is 3. The molecule has 7 heteroatoms. The van der Waals surface area contributed by atoms with E-state index in [2.05, 4.69) is 39.3 Å². The maximum Gasteiger partial charge on any atom is 0.243 e. The van der Waals surface area contributed by atoms with Crippen LogP contribution in [-0.4, -0.2) is 35.4 Å². The van der Waals surface area contributed by atoms with Gasteiger partial charge in [0, 0.05) is 42.4 Å². The lowest BCUT2D eigenvalue weighted by Crippen LogP contribution is -2.39. The van der Waals surface area contributed by atoms with Crippen LogP contribution in [0.3, 0.4) is 0 Å². The van der Waals surface area contributed by atoms with Crippen molar-refractivity contribution in [3.05, 3.63) is 47.0 Å². The zero-order chi connectivity index (χ0) is 18.0. The van der Waals surface area contributed by atoms with Gasteiger partial charge >= 0.3 is 0 Å². The van der Waals surface area contributed by atoms with E-state index in [1.807, 2.05) is 12.4 Å². The van der Waals surface area contributed by atoms with Crippen LogP contribution in [0.1, 0.15) is 38.4 Å². The van der Waals surface area contributed by atoms with Crippen molar-refractivity contribution in [1.82, 2.24) is 13.9 Å². The van der Waals surface area contributed by atoms with Gasteiger partial charge in [-0.05, 0) is 43.0 Å². The molecule has 1 aromatic heterocycles. The summed E-state index contributed by atoms with van der Waals surface area (Å²) in [5.41, 5.74) is 0. The van der Waals surface area contributed by atoms with Crippen molar-refractivity contribution in [3.63, 3.8) is 0 Å². The second kappa shape index (κ2) is 7.60. The van der Waals surface area contributed by atoms with Crippen LogP contribution in [0.4, 0.5) is 0 Å². The number of hydrogen-bond donors (Lipinski definition) is 0. The van der Waals surface area contributed by atoms with Crippen LogP contribution in [0, 0.1) is 5.92 Å². The summed E-state index contributed by atoms with van der Waals surface area (Å²) in [6, 6.07) is 6.86. The minimum Gasteiger partial charge on any atom is -0.334 e. The lowest BCUT2D eigenvalue weighted by molar-refractivity contribution is 0.251. The molecule has 3 rings (SSSR count). The molecule has 2 aromatic rings. The minimum absolute atomic E-state index is 0.367. The summed E-state index contributed by atoms with van der Waals surface area (Å²) in [6.45, 7) is 6.36. The van der Waals surface area contributed by atoms with Gasteiger partial charge in [0.2, 0.25) is 10.0 Å². The summed E-state index contributed by atoms with van der Waals surface area (Å²) in [6.07, 6.45) is 5.64. The van der Waals surface area contributed by atoms with Gasteiger partial charge in [0.1, 0.15) is 5.82 Å². The molecule has 0 bridgehead atoms. The molecule has 5 nitrogen and oxygen atoms in total. The van der Waals surface area contributed by atoms with Crippen LogP contribution in [0.5, 0.6) is 0 Å². The second-order valence-electron chi connectivity index (χ2n) is 6.89. The summed E-state index contributed by atoms with van der Waals surface area (Å²) < 4.78 is 30.2. The van der Waals surface area contributed by atoms with Crippen molar-refractivity contribution in [1.29, 1.82) is 0 Å². The van der Waals surface area contributed by atoms with Crippen molar-refractivity contribution in [3.8, 4) is 0 Å². The van der Waals surface area contributed by atoms with Crippen molar-refractivity contribution in [2.24, 2.45) is 5.92 Å². The third kappa shape index (κ3) is 4.15. The molecule has 0 radical (unpaired) electrons. The highest BCUT2D eigenvalue weighted by Gasteiger charge is 2.29. The predicted molar refractivity (Wildman–Crippen MR) is 102 cm³/mol. The Kier molecular flexibility index (Phi) is 5.65. The predicted octanol–water partition coefficient (Wildman–Crippen LogP) is 3.87. The summed E-state index contributed by atoms with van der Waals surface area (Å²) >= 11 is 3.34. The fourth-order valence-corrected chi connectivity index (χ4v) is 5.08. The molecule has 0 saturated carbocycles. The van der Waals surface area contributed by atoms with Crippen molar-refractivity contribution in [2.75, 3.05) is 13.1 Å². The molecule has 0 atom stereocenters. The first-order valence-electron chi connectivity index (χ1n) is 8.64. The van der Waals surface area contributed by atoms with Crippen molar-refractivity contribution < 1.29 is 8.42 Å². The zero-order valence-corrected chi connectivity index (χ0v) is 17.0. The summed E-state index contributed by atoms with van der Waals surface area (Å²) in [5, 5.41) is 0. The molecule has 136 valence electrons. The average Bonchev–Trinajstić information content (AvgIpc) is 3.04. The molecule has 0 N–H and O–H groups in total. The first-order chi connectivity index (χ1) is 11.9. The molecule has 1 aliphatic rings. The molecule has 0 amide bonds. The van der Waals surface area contributed by atoms with Crippen LogP contribution in [-0.2, 0) is 16.6 Å². The number of imidazole rings is 1. The van der Waals surface area contributed by atoms with E-state index >= 15 is 0 Å². The standard InChI is InChI=1S/C18H24BrN3O2S/c1-14(2)18-20-9-12-21(18)13-15-7-10-22(11-8-15)25(23,24)17-5-3-16(19)4-6-17/h3-6,9,12,14-15H,7-8,10-11,13H2,1-2H3. The number of sulfonamides is 1. The van der Waals surface area contributed by atoms with Crippen molar-refractivity contribution in [2.45, 2.75) is 44.0 Å². The van der Waals surface area contributed by atoms with Crippen LogP contribution >= 0.6 is 15.9 Å². The molecule has 1 fully saturated rings. The molecule has 0 aliphatic carbocycles. The largest absolute Gasteiger partial charge is 0.334 e. The van der Waals surface area contributed by atoms with Crippen LogP contribution < -0.4 is 0 Å². The average molecular weight is 426 g/mol. The van der Waals surface area contributed by atoms with Gasteiger partial charge < -0.3 is 4.57 Å². The van der Waals surface area contributed by atoms with E-state index in [1.54, 1.807) is 28.6 Å². The topological polar surface area (TPSA) is 55.2 Å².